The summed E-state index contributed by atoms with van der Waals surface area (Å²) >= 11 is 0. The fourth-order valence-electron chi connectivity index (χ4n) is 3.86. The topological polar surface area (TPSA) is 76.6 Å². The average Bonchev–Trinajstić information content (AvgIpc) is 2.75. The van der Waals surface area contributed by atoms with Gasteiger partial charge in [0.1, 0.15) is 19.1 Å². The Bertz CT molecular complexity index is 1270. The van der Waals surface area contributed by atoms with Gasteiger partial charge in [-0.3, -0.25) is 14.5 Å². The van der Waals surface area contributed by atoms with Crippen LogP contribution in [0.4, 0.5) is 30.2 Å². The molecule has 0 atom stereocenters. The van der Waals surface area contributed by atoms with E-state index < -0.39 is 29.8 Å². The molecule has 6 nitrogen and oxygen atoms in total. The summed E-state index contributed by atoms with van der Waals surface area (Å²) in [6, 6.07) is 10.4. The minimum atomic E-state index is -3.49. The summed E-state index contributed by atoms with van der Waals surface area (Å²) in [5.41, 5.74) is 1.60. The van der Waals surface area contributed by atoms with Crippen LogP contribution in [-0.2, 0) is 5.92 Å². The van der Waals surface area contributed by atoms with Gasteiger partial charge in [-0.1, -0.05) is 6.07 Å². The van der Waals surface area contributed by atoms with E-state index in [1.807, 2.05) is 0 Å². The standard InChI is InChI=1S/C23H20F3N3O3/c1-13-9-16(24)4-6-18(13)28-12-29(19-7-8-21(31)27-14(19)2)22(32)17-5-3-15(10-20(17)28)23(25,26)11-30/h3-10,30H,11-12H2,1-2H3,(H,27,31). The van der Waals surface area contributed by atoms with Crippen LogP contribution in [-0.4, -0.2) is 29.3 Å². The zero-order chi connectivity index (χ0) is 23.2. The van der Waals surface area contributed by atoms with Gasteiger partial charge in [0.15, 0.2) is 0 Å². The molecule has 0 unspecified atom stereocenters. The first-order valence-corrected chi connectivity index (χ1v) is 9.81. The van der Waals surface area contributed by atoms with Gasteiger partial charge >= 0.3 is 0 Å². The first-order chi connectivity index (χ1) is 15.1. The number of aliphatic hydroxyl groups is 1. The second-order valence-corrected chi connectivity index (χ2v) is 7.66. The zero-order valence-electron chi connectivity index (χ0n) is 17.3. The van der Waals surface area contributed by atoms with Crippen LogP contribution in [0.5, 0.6) is 0 Å². The number of aromatic amines is 1. The molecule has 1 aliphatic heterocycles. The van der Waals surface area contributed by atoms with Gasteiger partial charge in [0.2, 0.25) is 5.56 Å². The molecule has 0 fully saturated rings. The molecule has 0 radical (unpaired) electrons. The second kappa shape index (κ2) is 7.83. The van der Waals surface area contributed by atoms with Crippen LogP contribution in [0.15, 0.2) is 53.3 Å². The normalized spacial score (nSPS) is 14.0. The highest BCUT2D eigenvalue weighted by molar-refractivity contribution is 6.12. The maximum atomic E-state index is 14.2. The average molecular weight is 443 g/mol. The van der Waals surface area contributed by atoms with Crippen LogP contribution in [0, 0.1) is 19.7 Å². The van der Waals surface area contributed by atoms with E-state index in [1.165, 1.54) is 47.4 Å². The molecule has 32 heavy (non-hydrogen) atoms. The Balaban J connectivity index is 1.92. The molecule has 0 aliphatic carbocycles. The molecule has 3 aromatic rings. The Morgan fingerprint density at radius 1 is 0.969 bits per heavy atom. The molecule has 0 bridgehead atoms. The molecular weight excluding hydrogens is 423 g/mol. The molecule has 2 N–H and O–H groups in total. The van der Waals surface area contributed by atoms with Gasteiger partial charge in [-0.15, -0.1) is 0 Å². The number of carbonyl (C=O) groups excluding carboxylic acids is 1. The molecule has 1 aliphatic rings. The molecule has 1 amide bonds. The first-order valence-electron chi connectivity index (χ1n) is 9.81. The second-order valence-electron chi connectivity index (χ2n) is 7.66. The van der Waals surface area contributed by atoms with Crippen LogP contribution in [0.25, 0.3) is 0 Å². The number of halogens is 3. The summed E-state index contributed by atoms with van der Waals surface area (Å²) in [7, 11) is 0. The van der Waals surface area contributed by atoms with Crippen LogP contribution in [0.2, 0.25) is 0 Å². The van der Waals surface area contributed by atoms with E-state index >= 15 is 0 Å². The van der Waals surface area contributed by atoms with E-state index in [1.54, 1.807) is 18.7 Å². The van der Waals surface area contributed by atoms with Crippen molar-refractivity contribution in [1.29, 1.82) is 0 Å². The first kappa shape index (κ1) is 21.6. The van der Waals surface area contributed by atoms with Crippen LogP contribution in [0.1, 0.15) is 27.2 Å². The summed E-state index contributed by atoms with van der Waals surface area (Å²) in [5.74, 6) is -4.38. The molecule has 0 spiro atoms. The van der Waals surface area contributed by atoms with Gasteiger partial charge in [-0.05, 0) is 55.8 Å². The summed E-state index contributed by atoms with van der Waals surface area (Å²) < 4.78 is 42.1. The predicted octanol–water partition coefficient (Wildman–Crippen LogP) is 3.97. The lowest BCUT2D eigenvalue weighted by atomic mass is 9.99. The number of benzene rings is 2. The highest BCUT2D eigenvalue weighted by atomic mass is 19.3. The number of nitrogens with zero attached hydrogens (tertiary/aromatic N) is 2. The minimum Gasteiger partial charge on any atom is -0.390 e. The maximum Gasteiger partial charge on any atom is 0.295 e. The van der Waals surface area contributed by atoms with Crippen molar-refractivity contribution in [3.63, 3.8) is 0 Å². The quantitative estimate of drug-likeness (QED) is 0.640. The number of nitrogens with one attached hydrogen (secondary N) is 1. The van der Waals surface area contributed by atoms with Gasteiger partial charge in [0, 0.05) is 23.0 Å². The third-order valence-corrected chi connectivity index (χ3v) is 5.50. The van der Waals surface area contributed by atoms with Crippen molar-refractivity contribution in [2.24, 2.45) is 0 Å². The number of hydrogen-bond acceptors (Lipinski definition) is 4. The molecule has 1 aromatic heterocycles. The van der Waals surface area contributed by atoms with E-state index in [0.29, 0.717) is 22.6 Å². The molecule has 2 aromatic carbocycles. The summed E-state index contributed by atoms with van der Waals surface area (Å²) in [4.78, 5) is 30.6. The minimum absolute atomic E-state index is 0.0562. The number of rotatable bonds is 4. The van der Waals surface area contributed by atoms with Crippen molar-refractivity contribution < 1.29 is 23.1 Å². The summed E-state index contributed by atoms with van der Waals surface area (Å²) in [5, 5.41) is 9.10. The number of aryl methyl sites for hydroxylation is 2. The number of anilines is 3. The number of pyridine rings is 1. The lowest BCUT2D eigenvalue weighted by Gasteiger charge is -2.39. The molecular formula is C23H20F3N3O3. The number of H-pyrrole nitrogens is 1. The van der Waals surface area contributed by atoms with Crippen molar-refractivity contribution in [3.8, 4) is 0 Å². The smallest absolute Gasteiger partial charge is 0.295 e. The van der Waals surface area contributed by atoms with E-state index in [0.717, 1.165) is 6.07 Å². The van der Waals surface area contributed by atoms with Gasteiger partial charge in [0.25, 0.3) is 11.8 Å². The molecule has 4 rings (SSSR count). The Labute approximate surface area is 181 Å². The molecule has 0 saturated carbocycles. The predicted molar refractivity (Wildman–Crippen MR) is 114 cm³/mol. The number of aromatic nitrogens is 1. The SMILES string of the molecule is Cc1cc(F)ccc1N1CN(c2ccc(=O)[nH]c2C)C(=O)c2ccc(C(F)(F)CO)cc21. The Morgan fingerprint density at radius 2 is 1.69 bits per heavy atom. The molecule has 2 heterocycles. The maximum absolute atomic E-state index is 14.2. The third kappa shape index (κ3) is 3.64. The lowest BCUT2D eigenvalue weighted by Crippen LogP contribution is -2.46. The van der Waals surface area contributed by atoms with E-state index in [-0.39, 0.29) is 23.5 Å². The van der Waals surface area contributed by atoms with Crippen LogP contribution >= 0.6 is 0 Å². The monoisotopic (exact) mass is 443 g/mol. The van der Waals surface area contributed by atoms with Crippen molar-refractivity contribution in [2.75, 3.05) is 23.1 Å². The number of aliphatic hydroxyl groups excluding tert-OH is 1. The molecule has 9 heteroatoms. The Kier molecular flexibility index (Phi) is 5.29. The number of hydrogen-bond donors (Lipinski definition) is 2. The largest absolute Gasteiger partial charge is 0.390 e. The fraction of sp³-hybridized carbons (Fsp3) is 0.217. The molecule has 0 saturated heterocycles. The fourth-order valence-corrected chi connectivity index (χ4v) is 3.86. The zero-order valence-corrected chi connectivity index (χ0v) is 17.3. The number of carbonyl (C=O) groups is 1. The van der Waals surface area contributed by atoms with Gasteiger partial charge in [-0.25, -0.2) is 4.39 Å². The van der Waals surface area contributed by atoms with Crippen LogP contribution < -0.4 is 15.4 Å². The third-order valence-electron chi connectivity index (χ3n) is 5.50. The van der Waals surface area contributed by atoms with Crippen molar-refractivity contribution in [3.05, 3.63) is 87.1 Å². The van der Waals surface area contributed by atoms with Gasteiger partial charge < -0.3 is 15.0 Å². The molecule has 166 valence electrons. The number of fused-ring (bicyclic) bond motifs is 1. The lowest BCUT2D eigenvalue weighted by molar-refractivity contribution is -0.0556. The summed E-state index contributed by atoms with van der Waals surface area (Å²) in [6.45, 7) is 1.89. The van der Waals surface area contributed by atoms with E-state index in [9.17, 15) is 22.8 Å². The Morgan fingerprint density at radius 3 is 2.34 bits per heavy atom. The summed E-state index contributed by atoms with van der Waals surface area (Å²) in [6.07, 6.45) is 0. The van der Waals surface area contributed by atoms with Crippen molar-refractivity contribution >= 4 is 23.0 Å². The Hall–Kier alpha value is -3.59. The van der Waals surface area contributed by atoms with Gasteiger partial charge in [-0.2, -0.15) is 8.78 Å². The highest BCUT2D eigenvalue weighted by Crippen LogP contribution is 2.40. The van der Waals surface area contributed by atoms with Crippen molar-refractivity contribution in [1.82, 2.24) is 4.98 Å². The van der Waals surface area contributed by atoms with Crippen molar-refractivity contribution in [2.45, 2.75) is 19.8 Å². The van der Waals surface area contributed by atoms with E-state index in [2.05, 4.69) is 4.98 Å². The highest BCUT2D eigenvalue weighted by Gasteiger charge is 2.36. The number of amides is 1. The van der Waals surface area contributed by atoms with E-state index in [4.69, 9.17) is 5.11 Å². The van der Waals surface area contributed by atoms with Crippen LogP contribution in [0.3, 0.4) is 0 Å². The van der Waals surface area contributed by atoms with Gasteiger partial charge in [0.05, 0.1) is 16.9 Å². The number of alkyl halides is 2.